The average Bonchev–Trinajstić information content (AvgIpc) is 2.78. The number of rotatable bonds is 5. The van der Waals surface area contributed by atoms with Gasteiger partial charge < -0.3 is 10.2 Å². The summed E-state index contributed by atoms with van der Waals surface area (Å²) < 4.78 is 0.973. The molecule has 0 saturated carbocycles. The summed E-state index contributed by atoms with van der Waals surface area (Å²) in [6.45, 7) is 3.74. The van der Waals surface area contributed by atoms with Gasteiger partial charge in [0.05, 0.1) is 10.2 Å². The monoisotopic (exact) mass is 387 g/mol. The fourth-order valence-electron chi connectivity index (χ4n) is 2.21. The van der Waals surface area contributed by atoms with E-state index >= 15 is 0 Å². The number of thiazole rings is 1. The minimum absolute atomic E-state index is 0. The minimum atomic E-state index is -1.09. The molecule has 3 nitrogen and oxygen atoms in total. The molecule has 1 heterocycles. The van der Waals surface area contributed by atoms with E-state index in [0.717, 1.165) is 10.2 Å². The van der Waals surface area contributed by atoms with Gasteiger partial charge >= 0.3 is 19.5 Å². The largest absolute Gasteiger partial charge is 2.00 e. The Morgan fingerprint density at radius 2 is 1.90 bits per heavy atom. The Kier molecular flexibility index (Phi) is 6.35. The second-order valence-corrected chi connectivity index (χ2v) is 6.81. The Morgan fingerprint density at radius 3 is 2.38 bits per heavy atom. The van der Waals surface area contributed by atoms with Gasteiger partial charge in [0.25, 0.3) is 0 Å². The maximum absolute atomic E-state index is 12.1. The quantitative estimate of drug-likeness (QED) is 0.579. The molecule has 0 radical (unpaired) electrons. The van der Waals surface area contributed by atoms with Gasteiger partial charge in [0.15, 0.2) is 0 Å². The zero-order valence-electron chi connectivity index (χ0n) is 11.8. The SMILES string of the molecule is CC(C)C(CC([O-])=S)(C([O-])=S)c1nc2ccccc2s1.[Zn+2]. The van der Waals surface area contributed by atoms with E-state index in [4.69, 9.17) is 12.2 Å². The van der Waals surface area contributed by atoms with Crippen LogP contribution in [-0.4, -0.2) is 15.1 Å². The third-order valence-corrected chi connectivity index (χ3v) is 5.17. The number of aromatic nitrogens is 1. The smallest absolute Gasteiger partial charge is 0.867 e. The molecule has 1 unspecified atom stereocenters. The summed E-state index contributed by atoms with van der Waals surface area (Å²) in [6, 6.07) is 7.61. The molecule has 7 heteroatoms. The van der Waals surface area contributed by atoms with E-state index in [1.54, 1.807) is 0 Å². The first kappa shape index (κ1) is 18.6. The van der Waals surface area contributed by atoms with E-state index in [0.29, 0.717) is 5.01 Å². The fraction of sp³-hybridized carbons (Fsp3) is 0.357. The molecule has 2 aromatic rings. The van der Waals surface area contributed by atoms with E-state index in [-0.39, 0.29) is 31.8 Å². The van der Waals surface area contributed by atoms with Crippen molar-refractivity contribution in [3.8, 4) is 0 Å². The number of nitrogens with zero attached hydrogens (tertiary/aromatic N) is 1. The normalized spacial score (nSPS) is 13.7. The molecule has 106 valence electrons. The molecule has 0 aliphatic carbocycles. The molecule has 2 rings (SSSR count). The molecule has 0 aliphatic heterocycles. The summed E-state index contributed by atoms with van der Waals surface area (Å²) >= 11 is 11.0. The van der Waals surface area contributed by atoms with Crippen molar-refractivity contribution in [3.63, 3.8) is 0 Å². The van der Waals surface area contributed by atoms with Crippen LogP contribution in [0.4, 0.5) is 0 Å². The van der Waals surface area contributed by atoms with Crippen LogP contribution in [0.25, 0.3) is 10.2 Å². The molecule has 1 atom stereocenters. The van der Waals surface area contributed by atoms with Crippen LogP contribution >= 0.6 is 35.8 Å². The first-order valence-corrected chi connectivity index (χ1v) is 7.78. The summed E-state index contributed by atoms with van der Waals surface area (Å²) in [5.74, 6) is -0.139. The number of thiocarbonyl (C=S) groups is 2. The van der Waals surface area contributed by atoms with Crippen molar-refractivity contribution in [3.05, 3.63) is 29.3 Å². The third-order valence-electron chi connectivity index (χ3n) is 3.45. The maximum Gasteiger partial charge on any atom is 2.00 e. The Labute approximate surface area is 151 Å². The van der Waals surface area contributed by atoms with Gasteiger partial charge in [-0.25, -0.2) is 4.98 Å². The fourth-order valence-corrected chi connectivity index (χ4v) is 4.21. The first-order chi connectivity index (χ1) is 9.37. The Balaban J connectivity index is 0.00000220. The number of hydrogen-bond acceptors (Lipinski definition) is 6. The molecule has 0 spiro atoms. The van der Waals surface area contributed by atoms with Crippen molar-refractivity contribution in [2.45, 2.75) is 25.7 Å². The van der Waals surface area contributed by atoms with Crippen molar-refractivity contribution in [2.24, 2.45) is 5.92 Å². The number of benzene rings is 1. The molecule has 0 bridgehead atoms. The van der Waals surface area contributed by atoms with Gasteiger partial charge in [0, 0.05) is 5.41 Å². The van der Waals surface area contributed by atoms with Crippen LogP contribution in [0.3, 0.4) is 0 Å². The molecular weight excluding hydrogens is 376 g/mol. The summed E-state index contributed by atoms with van der Waals surface area (Å²) in [7, 11) is 0. The van der Waals surface area contributed by atoms with E-state index in [2.05, 4.69) is 17.2 Å². The van der Waals surface area contributed by atoms with Crippen LogP contribution in [0.5, 0.6) is 0 Å². The molecule has 0 N–H and O–H groups in total. The summed E-state index contributed by atoms with van der Waals surface area (Å²) in [5.41, 5.74) is -0.275. The van der Waals surface area contributed by atoms with Crippen molar-refractivity contribution in [1.82, 2.24) is 4.98 Å². The second-order valence-electron chi connectivity index (χ2n) is 4.95. The van der Waals surface area contributed by atoms with E-state index in [9.17, 15) is 10.2 Å². The number of fused-ring (bicyclic) bond motifs is 1. The van der Waals surface area contributed by atoms with Gasteiger partial charge in [0.2, 0.25) is 0 Å². The Hall–Kier alpha value is -0.487. The summed E-state index contributed by atoms with van der Waals surface area (Å²) in [6.07, 6.45) is -0.0673. The van der Waals surface area contributed by atoms with Crippen LogP contribution in [0.15, 0.2) is 24.3 Å². The van der Waals surface area contributed by atoms with E-state index in [1.807, 2.05) is 38.1 Å². The van der Waals surface area contributed by atoms with Gasteiger partial charge in [-0.1, -0.05) is 36.1 Å². The molecule has 0 amide bonds. The van der Waals surface area contributed by atoms with Crippen LogP contribution in [0.1, 0.15) is 25.3 Å². The third kappa shape index (κ3) is 3.47. The molecule has 0 saturated heterocycles. The van der Waals surface area contributed by atoms with Crippen LogP contribution in [0, 0.1) is 5.92 Å². The van der Waals surface area contributed by atoms with E-state index in [1.165, 1.54) is 11.3 Å². The van der Waals surface area contributed by atoms with Crippen molar-refractivity contribution < 1.29 is 29.7 Å². The van der Waals surface area contributed by atoms with E-state index < -0.39 is 15.5 Å². The maximum atomic E-state index is 12.1. The van der Waals surface area contributed by atoms with Gasteiger partial charge in [-0.05, 0) is 24.5 Å². The van der Waals surface area contributed by atoms with Crippen LogP contribution in [0.2, 0.25) is 0 Å². The van der Waals surface area contributed by atoms with Crippen molar-refractivity contribution in [2.75, 3.05) is 0 Å². The molecule has 1 aromatic carbocycles. The topological polar surface area (TPSA) is 59.0 Å². The first-order valence-electron chi connectivity index (χ1n) is 6.15. The minimum Gasteiger partial charge on any atom is -0.867 e. The molecule has 1 aromatic heterocycles. The van der Waals surface area contributed by atoms with Crippen molar-refractivity contribution in [1.29, 1.82) is 0 Å². The summed E-state index contributed by atoms with van der Waals surface area (Å²) in [4.78, 5) is 4.51. The molecule has 0 aliphatic rings. The van der Waals surface area contributed by atoms with Gasteiger partial charge in [0.1, 0.15) is 5.01 Å². The van der Waals surface area contributed by atoms with Crippen LogP contribution in [-0.2, 0) is 24.9 Å². The second kappa shape index (κ2) is 7.18. The van der Waals surface area contributed by atoms with Crippen molar-refractivity contribution >= 4 is 56.1 Å². The zero-order chi connectivity index (χ0) is 14.9. The molecular formula is C14H13NO2S3Zn. The van der Waals surface area contributed by atoms with Gasteiger partial charge in [-0.3, -0.25) is 0 Å². The predicted molar refractivity (Wildman–Crippen MR) is 85.9 cm³/mol. The standard InChI is InChI=1S/C14H15NO2S3.Zn/c1-8(2)14(13(17)19,7-11(16)18)12-15-9-5-3-4-6-10(9)20-12;/h3-6,8H,7H2,1-2H3,(H,16,18)(H,17,19);/q;+2/p-2. The summed E-state index contributed by atoms with van der Waals surface area (Å²) in [5, 5.41) is 23.2. The average molecular weight is 389 g/mol. The Bertz CT molecular complexity index is 638. The number of para-hydroxylation sites is 1. The Morgan fingerprint density at radius 1 is 1.29 bits per heavy atom. The van der Waals surface area contributed by atoms with Gasteiger partial charge in [-0.15, -0.1) is 35.8 Å². The van der Waals surface area contributed by atoms with Crippen LogP contribution < -0.4 is 10.2 Å². The molecule has 21 heavy (non-hydrogen) atoms. The predicted octanol–water partition coefficient (Wildman–Crippen LogP) is 1.95. The molecule has 0 fully saturated rings. The zero-order valence-corrected chi connectivity index (χ0v) is 17.2. The number of hydrogen-bond donors (Lipinski definition) is 0. The van der Waals surface area contributed by atoms with Gasteiger partial charge in [-0.2, -0.15) is 0 Å².